The fraction of sp³-hybridized carbons (Fsp3) is 0.278. The SMILES string of the molecule is NC(=Nc1ccccc1)N=C(N)Nc1ccnc(N2CCCCC2)c1. The zero-order valence-electron chi connectivity index (χ0n) is 14.1. The van der Waals surface area contributed by atoms with Crippen molar-refractivity contribution in [2.45, 2.75) is 19.3 Å². The van der Waals surface area contributed by atoms with Gasteiger partial charge in [-0.3, -0.25) is 0 Å². The fourth-order valence-electron chi connectivity index (χ4n) is 2.75. The van der Waals surface area contributed by atoms with Gasteiger partial charge in [0.2, 0.25) is 11.9 Å². The Morgan fingerprint density at radius 1 is 1.04 bits per heavy atom. The molecule has 7 nitrogen and oxygen atoms in total. The Morgan fingerprint density at radius 2 is 1.80 bits per heavy atom. The molecule has 0 bridgehead atoms. The van der Waals surface area contributed by atoms with Gasteiger partial charge in [0, 0.05) is 31.0 Å². The molecule has 0 atom stereocenters. The summed E-state index contributed by atoms with van der Waals surface area (Å²) in [5.41, 5.74) is 13.3. The number of hydrogen-bond donors (Lipinski definition) is 3. The summed E-state index contributed by atoms with van der Waals surface area (Å²) in [6.07, 6.45) is 5.46. The molecule has 5 N–H and O–H groups in total. The summed E-state index contributed by atoms with van der Waals surface area (Å²) in [6.45, 7) is 2.08. The molecule has 1 aromatic carbocycles. The number of hydrogen-bond acceptors (Lipinski definition) is 3. The summed E-state index contributed by atoms with van der Waals surface area (Å²) in [5.74, 6) is 1.23. The van der Waals surface area contributed by atoms with E-state index in [0.717, 1.165) is 30.3 Å². The minimum atomic E-state index is 0.0986. The Labute approximate surface area is 147 Å². The number of pyridine rings is 1. The second kappa shape index (κ2) is 8.14. The van der Waals surface area contributed by atoms with Crippen LogP contribution >= 0.6 is 0 Å². The van der Waals surface area contributed by atoms with Crippen LogP contribution in [-0.2, 0) is 0 Å². The first-order valence-corrected chi connectivity index (χ1v) is 8.42. The van der Waals surface area contributed by atoms with E-state index in [0.29, 0.717) is 0 Å². The highest BCUT2D eigenvalue weighted by Crippen LogP contribution is 2.20. The van der Waals surface area contributed by atoms with Crippen molar-refractivity contribution in [2.75, 3.05) is 23.3 Å². The average molecular weight is 337 g/mol. The molecule has 3 rings (SSSR count). The third-order valence-electron chi connectivity index (χ3n) is 3.93. The van der Waals surface area contributed by atoms with Crippen LogP contribution in [0.15, 0.2) is 58.6 Å². The third kappa shape index (κ3) is 4.94. The van der Waals surface area contributed by atoms with Gasteiger partial charge in [0.05, 0.1) is 5.69 Å². The maximum absolute atomic E-state index is 5.93. The summed E-state index contributed by atoms with van der Waals surface area (Å²) >= 11 is 0. The Morgan fingerprint density at radius 3 is 2.56 bits per heavy atom. The number of benzene rings is 1. The van der Waals surface area contributed by atoms with Crippen molar-refractivity contribution in [3.05, 3.63) is 48.7 Å². The molecule has 0 spiro atoms. The monoisotopic (exact) mass is 337 g/mol. The predicted molar refractivity (Wildman–Crippen MR) is 103 cm³/mol. The Hall–Kier alpha value is -3.09. The summed E-state index contributed by atoms with van der Waals surface area (Å²) in [6, 6.07) is 13.2. The smallest absolute Gasteiger partial charge is 0.223 e. The summed E-state index contributed by atoms with van der Waals surface area (Å²) < 4.78 is 0. The van der Waals surface area contributed by atoms with Gasteiger partial charge in [-0.05, 0) is 37.5 Å². The van der Waals surface area contributed by atoms with Crippen LogP contribution in [0, 0.1) is 0 Å². The minimum absolute atomic E-state index is 0.0986. The van der Waals surface area contributed by atoms with Crippen molar-refractivity contribution in [1.29, 1.82) is 0 Å². The van der Waals surface area contributed by atoms with Gasteiger partial charge in [-0.15, -0.1) is 0 Å². The van der Waals surface area contributed by atoms with E-state index in [1.807, 2.05) is 42.5 Å². The number of piperidine rings is 1. The highest BCUT2D eigenvalue weighted by Gasteiger charge is 2.12. The molecule has 0 aliphatic carbocycles. The van der Waals surface area contributed by atoms with Crippen molar-refractivity contribution in [2.24, 2.45) is 21.5 Å². The number of nitrogens with one attached hydrogen (secondary N) is 1. The van der Waals surface area contributed by atoms with Crippen molar-refractivity contribution in [3.8, 4) is 0 Å². The van der Waals surface area contributed by atoms with Crippen LogP contribution in [0.4, 0.5) is 17.2 Å². The molecule has 1 aliphatic rings. The van der Waals surface area contributed by atoms with Crippen molar-refractivity contribution in [1.82, 2.24) is 4.98 Å². The highest BCUT2D eigenvalue weighted by molar-refractivity contribution is 6.01. The third-order valence-corrected chi connectivity index (χ3v) is 3.93. The lowest BCUT2D eigenvalue weighted by atomic mass is 10.1. The molecule has 2 aromatic rings. The molecule has 1 aromatic heterocycles. The maximum Gasteiger partial charge on any atom is 0.223 e. The Bertz CT molecular complexity index is 749. The van der Waals surface area contributed by atoms with E-state index in [4.69, 9.17) is 11.5 Å². The zero-order valence-corrected chi connectivity index (χ0v) is 14.1. The number of anilines is 2. The molecule has 130 valence electrons. The van der Waals surface area contributed by atoms with Crippen molar-refractivity contribution in [3.63, 3.8) is 0 Å². The van der Waals surface area contributed by atoms with E-state index in [-0.39, 0.29) is 11.9 Å². The number of nitrogens with two attached hydrogens (primary N) is 2. The highest BCUT2D eigenvalue weighted by atomic mass is 15.2. The van der Waals surface area contributed by atoms with E-state index in [1.165, 1.54) is 19.3 Å². The lowest BCUT2D eigenvalue weighted by molar-refractivity contribution is 0.573. The second-order valence-electron chi connectivity index (χ2n) is 5.88. The topological polar surface area (TPSA) is 105 Å². The normalized spacial score (nSPS) is 15.9. The van der Waals surface area contributed by atoms with E-state index in [9.17, 15) is 0 Å². The molecule has 2 heterocycles. The lowest BCUT2D eigenvalue weighted by Crippen LogP contribution is -2.30. The van der Waals surface area contributed by atoms with E-state index < -0.39 is 0 Å². The summed E-state index contributed by atoms with van der Waals surface area (Å²) in [5, 5.41) is 3.04. The van der Waals surface area contributed by atoms with E-state index >= 15 is 0 Å². The largest absolute Gasteiger partial charge is 0.369 e. The number of nitrogens with zero attached hydrogens (tertiary/aromatic N) is 4. The number of aromatic nitrogens is 1. The van der Waals surface area contributed by atoms with Gasteiger partial charge in [-0.1, -0.05) is 18.2 Å². The summed E-state index contributed by atoms with van der Waals surface area (Å²) in [4.78, 5) is 15.0. The lowest BCUT2D eigenvalue weighted by Gasteiger charge is -2.27. The van der Waals surface area contributed by atoms with Gasteiger partial charge < -0.3 is 21.7 Å². The first kappa shape index (κ1) is 16.8. The van der Waals surface area contributed by atoms with Crippen LogP contribution in [-0.4, -0.2) is 30.0 Å². The quantitative estimate of drug-likeness (QED) is 0.589. The molecule has 7 heteroatoms. The van der Waals surface area contributed by atoms with Gasteiger partial charge in [0.1, 0.15) is 5.82 Å². The van der Waals surface area contributed by atoms with Crippen LogP contribution in [0.25, 0.3) is 0 Å². The second-order valence-corrected chi connectivity index (χ2v) is 5.88. The van der Waals surface area contributed by atoms with Crippen LogP contribution in [0.1, 0.15) is 19.3 Å². The number of guanidine groups is 2. The molecule has 1 saturated heterocycles. The minimum Gasteiger partial charge on any atom is -0.369 e. The summed E-state index contributed by atoms with van der Waals surface area (Å²) in [7, 11) is 0. The molecule has 0 unspecified atom stereocenters. The standard InChI is InChI=1S/C18H23N7/c19-17(22-14-7-3-1-4-8-14)24-18(20)23-15-9-10-21-16(13-15)25-11-5-2-6-12-25/h1,3-4,7-10,13H,2,5-6,11-12H2,(H5,19,20,21,22,23,24). The zero-order chi connectivity index (χ0) is 17.5. The molecule has 0 radical (unpaired) electrons. The van der Waals surface area contributed by atoms with Gasteiger partial charge in [0.15, 0.2) is 0 Å². The fourth-order valence-corrected chi connectivity index (χ4v) is 2.75. The van der Waals surface area contributed by atoms with Crippen molar-refractivity contribution >= 4 is 29.1 Å². The first-order chi connectivity index (χ1) is 12.2. The number of aliphatic imine (C=N–C) groups is 2. The van der Waals surface area contributed by atoms with E-state index in [2.05, 4.69) is 25.2 Å². The molecule has 0 saturated carbocycles. The Balaban J connectivity index is 1.67. The number of para-hydroxylation sites is 1. The molecule has 1 aliphatic heterocycles. The predicted octanol–water partition coefficient (Wildman–Crippen LogP) is 2.44. The van der Waals surface area contributed by atoms with Crippen LogP contribution in [0.2, 0.25) is 0 Å². The first-order valence-electron chi connectivity index (χ1n) is 8.42. The van der Waals surface area contributed by atoms with Crippen LogP contribution < -0.4 is 21.7 Å². The maximum atomic E-state index is 5.93. The Kier molecular flexibility index (Phi) is 5.46. The van der Waals surface area contributed by atoms with Gasteiger partial charge in [-0.2, -0.15) is 4.99 Å². The average Bonchev–Trinajstić information content (AvgIpc) is 2.63. The number of rotatable bonds is 3. The molecular weight excluding hydrogens is 314 g/mol. The molecular formula is C18H23N7. The van der Waals surface area contributed by atoms with Gasteiger partial charge in [-0.25, -0.2) is 9.98 Å². The molecule has 0 amide bonds. The van der Waals surface area contributed by atoms with Crippen LogP contribution in [0.5, 0.6) is 0 Å². The van der Waals surface area contributed by atoms with Gasteiger partial charge >= 0.3 is 0 Å². The molecule has 25 heavy (non-hydrogen) atoms. The molecule has 1 fully saturated rings. The van der Waals surface area contributed by atoms with E-state index in [1.54, 1.807) is 6.20 Å². The van der Waals surface area contributed by atoms with Gasteiger partial charge in [0.25, 0.3) is 0 Å². The van der Waals surface area contributed by atoms with Crippen LogP contribution in [0.3, 0.4) is 0 Å². The van der Waals surface area contributed by atoms with Crippen molar-refractivity contribution < 1.29 is 0 Å².